The van der Waals surface area contributed by atoms with Crippen LogP contribution in [-0.4, -0.2) is 27.0 Å². The highest BCUT2D eigenvalue weighted by molar-refractivity contribution is 7.98. The normalized spacial score (nSPS) is 14.2. The Balaban J connectivity index is 2.07. The van der Waals surface area contributed by atoms with Crippen LogP contribution in [0.15, 0.2) is 24.3 Å². The smallest absolute Gasteiger partial charge is 0.335 e. The molecule has 2 N–H and O–H groups in total. The molecule has 1 aliphatic heterocycles. The van der Waals surface area contributed by atoms with Gasteiger partial charge in [-0.2, -0.15) is 16.9 Å². The van der Waals surface area contributed by atoms with Gasteiger partial charge in [0.2, 0.25) is 0 Å². The minimum absolute atomic E-state index is 0.299. The topological polar surface area (TPSA) is 66.0 Å². The molecule has 18 heavy (non-hydrogen) atoms. The van der Waals surface area contributed by atoms with Gasteiger partial charge in [-0.15, -0.1) is 0 Å². The number of carboxylic acids is 1. The van der Waals surface area contributed by atoms with Crippen LogP contribution in [0.25, 0.3) is 11.3 Å². The zero-order valence-corrected chi connectivity index (χ0v) is 10.5. The Morgan fingerprint density at radius 1 is 1.44 bits per heavy atom. The fourth-order valence-corrected chi connectivity index (χ4v) is 3.16. The van der Waals surface area contributed by atoms with Crippen LogP contribution in [0, 0.1) is 0 Å². The largest absolute Gasteiger partial charge is 0.478 e. The van der Waals surface area contributed by atoms with Gasteiger partial charge in [0.15, 0.2) is 0 Å². The Morgan fingerprint density at radius 2 is 2.33 bits per heavy atom. The number of aromatic carboxylic acids is 1. The van der Waals surface area contributed by atoms with Crippen molar-refractivity contribution in [3.05, 3.63) is 41.1 Å². The number of carbonyl (C=O) groups is 1. The van der Waals surface area contributed by atoms with Crippen molar-refractivity contribution in [1.82, 2.24) is 10.2 Å². The summed E-state index contributed by atoms with van der Waals surface area (Å²) >= 11 is 1.89. The molecule has 0 aliphatic carbocycles. The zero-order valence-electron chi connectivity index (χ0n) is 9.64. The minimum Gasteiger partial charge on any atom is -0.478 e. The van der Waals surface area contributed by atoms with Gasteiger partial charge in [-0.3, -0.25) is 5.10 Å². The summed E-state index contributed by atoms with van der Waals surface area (Å²) in [4.78, 5) is 11.0. The van der Waals surface area contributed by atoms with Gasteiger partial charge in [0.25, 0.3) is 0 Å². The molecule has 0 atom stereocenters. The van der Waals surface area contributed by atoms with Gasteiger partial charge in [0.05, 0.1) is 11.3 Å². The third-order valence-electron chi connectivity index (χ3n) is 3.08. The first-order valence-corrected chi connectivity index (χ1v) is 6.89. The highest BCUT2D eigenvalue weighted by Crippen LogP contribution is 2.31. The van der Waals surface area contributed by atoms with Crippen LogP contribution >= 0.6 is 11.8 Å². The number of aromatic amines is 1. The average Bonchev–Trinajstić information content (AvgIpc) is 2.82. The number of benzene rings is 1. The van der Waals surface area contributed by atoms with E-state index in [1.165, 1.54) is 11.3 Å². The lowest BCUT2D eigenvalue weighted by Gasteiger charge is -2.11. The molecule has 1 aromatic heterocycles. The molecule has 0 radical (unpaired) electrons. The molecular formula is C13H12N2O2S. The Hall–Kier alpha value is -1.75. The molecule has 0 fully saturated rings. The lowest BCUT2D eigenvalue weighted by atomic mass is 10.0. The second-order valence-corrected chi connectivity index (χ2v) is 5.32. The summed E-state index contributed by atoms with van der Waals surface area (Å²) in [5.41, 5.74) is 4.46. The van der Waals surface area contributed by atoms with E-state index in [2.05, 4.69) is 10.2 Å². The number of H-pyrrole nitrogens is 1. The fourth-order valence-electron chi connectivity index (χ4n) is 2.15. The molecule has 5 heteroatoms. The minimum atomic E-state index is -0.907. The van der Waals surface area contributed by atoms with Gasteiger partial charge in [-0.25, -0.2) is 4.79 Å². The molecule has 0 unspecified atom stereocenters. The van der Waals surface area contributed by atoms with Crippen LogP contribution in [0.1, 0.15) is 21.6 Å². The van der Waals surface area contributed by atoms with E-state index in [0.717, 1.165) is 29.2 Å². The van der Waals surface area contributed by atoms with Crippen LogP contribution in [0.3, 0.4) is 0 Å². The number of nitrogens with zero attached hydrogens (tertiary/aromatic N) is 1. The fraction of sp³-hybridized carbons (Fsp3) is 0.231. The molecule has 2 heterocycles. The number of hydrogen-bond acceptors (Lipinski definition) is 3. The number of rotatable bonds is 2. The number of aromatic nitrogens is 2. The molecule has 2 aromatic rings. The summed E-state index contributed by atoms with van der Waals surface area (Å²) in [6.45, 7) is 0. The molecule has 0 spiro atoms. The SMILES string of the molecule is O=C(O)c1cccc(-c2n[nH]c3c2CSCC3)c1. The van der Waals surface area contributed by atoms with Crippen LogP contribution < -0.4 is 0 Å². The lowest BCUT2D eigenvalue weighted by Crippen LogP contribution is -2.01. The molecule has 3 rings (SSSR count). The maximum absolute atomic E-state index is 11.0. The summed E-state index contributed by atoms with van der Waals surface area (Å²) in [7, 11) is 0. The van der Waals surface area contributed by atoms with E-state index in [9.17, 15) is 4.79 Å². The van der Waals surface area contributed by atoms with E-state index in [1.807, 2.05) is 17.8 Å². The van der Waals surface area contributed by atoms with Gasteiger partial charge >= 0.3 is 5.97 Å². The van der Waals surface area contributed by atoms with Crippen molar-refractivity contribution in [2.24, 2.45) is 0 Å². The van der Waals surface area contributed by atoms with Gasteiger partial charge < -0.3 is 5.11 Å². The van der Waals surface area contributed by atoms with E-state index in [4.69, 9.17) is 5.11 Å². The third kappa shape index (κ3) is 1.90. The summed E-state index contributed by atoms with van der Waals surface area (Å²) in [5, 5.41) is 16.4. The van der Waals surface area contributed by atoms with E-state index in [0.29, 0.717) is 5.56 Å². The standard InChI is InChI=1S/C13H12N2O2S/c16-13(17)9-3-1-2-8(6-9)12-10-7-18-5-4-11(10)14-15-12/h1-3,6H,4-5,7H2,(H,14,15)(H,16,17). The van der Waals surface area contributed by atoms with E-state index >= 15 is 0 Å². The van der Waals surface area contributed by atoms with E-state index < -0.39 is 5.97 Å². The lowest BCUT2D eigenvalue weighted by molar-refractivity contribution is 0.0697. The first-order valence-electron chi connectivity index (χ1n) is 5.73. The van der Waals surface area contributed by atoms with Crippen molar-refractivity contribution in [2.75, 3.05) is 5.75 Å². The maximum Gasteiger partial charge on any atom is 0.335 e. The number of aryl methyl sites for hydroxylation is 1. The Labute approximate surface area is 108 Å². The molecule has 1 aromatic carbocycles. The Kier molecular flexibility index (Phi) is 2.83. The number of fused-ring (bicyclic) bond motifs is 1. The predicted molar refractivity (Wildman–Crippen MR) is 70.8 cm³/mol. The summed E-state index contributed by atoms with van der Waals surface area (Å²) < 4.78 is 0. The zero-order chi connectivity index (χ0) is 12.5. The predicted octanol–water partition coefficient (Wildman–Crippen LogP) is 2.56. The Morgan fingerprint density at radius 3 is 3.17 bits per heavy atom. The van der Waals surface area contributed by atoms with Crippen LogP contribution in [-0.2, 0) is 12.2 Å². The molecule has 92 valence electrons. The van der Waals surface area contributed by atoms with Gasteiger partial charge in [-0.05, 0) is 24.3 Å². The first kappa shape index (κ1) is 11.3. The van der Waals surface area contributed by atoms with Gasteiger partial charge in [0.1, 0.15) is 0 Å². The van der Waals surface area contributed by atoms with Crippen molar-refractivity contribution in [2.45, 2.75) is 12.2 Å². The number of carboxylic acid groups (broad SMARTS) is 1. The van der Waals surface area contributed by atoms with Crippen molar-refractivity contribution in [3.8, 4) is 11.3 Å². The number of hydrogen-bond donors (Lipinski definition) is 2. The molecule has 4 nitrogen and oxygen atoms in total. The molecule has 0 saturated carbocycles. The first-order chi connectivity index (χ1) is 8.75. The van der Waals surface area contributed by atoms with Crippen LogP contribution in [0.5, 0.6) is 0 Å². The highest BCUT2D eigenvalue weighted by Gasteiger charge is 2.18. The Bertz CT molecular complexity index is 607. The van der Waals surface area contributed by atoms with E-state index in [-0.39, 0.29) is 0 Å². The molecule has 0 amide bonds. The van der Waals surface area contributed by atoms with Crippen molar-refractivity contribution < 1.29 is 9.90 Å². The highest BCUT2D eigenvalue weighted by atomic mass is 32.2. The van der Waals surface area contributed by atoms with Gasteiger partial charge in [-0.1, -0.05) is 12.1 Å². The summed E-state index contributed by atoms with van der Waals surface area (Å²) in [6.07, 6.45) is 1.01. The molecule has 1 aliphatic rings. The second kappa shape index (κ2) is 4.49. The van der Waals surface area contributed by atoms with Crippen molar-refractivity contribution in [1.29, 1.82) is 0 Å². The molecular weight excluding hydrogens is 248 g/mol. The molecule has 0 bridgehead atoms. The summed E-state index contributed by atoms with van der Waals surface area (Å²) in [5.74, 6) is 1.15. The van der Waals surface area contributed by atoms with Crippen LogP contribution in [0.2, 0.25) is 0 Å². The maximum atomic E-state index is 11.0. The van der Waals surface area contributed by atoms with Gasteiger partial charge in [0, 0.05) is 22.6 Å². The van der Waals surface area contributed by atoms with E-state index in [1.54, 1.807) is 18.2 Å². The number of nitrogens with one attached hydrogen (secondary N) is 1. The monoisotopic (exact) mass is 260 g/mol. The van der Waals surface area contributed by atoms with Crippen LogP contribution in [0.4, 0.5) is 0 Å². The number of thioether (sulfide) groups is 1. The molecule has 0 saturated heterocycles. The van der Waals surface area contributed by atoms with Crippen molar-refractivity contribution in [3.63, 3.8) is 0 Å². The summed E-state index contributed by atoms with van der Waals surface area (Å²) in [6, 6.07) is 6.94. The second-order valence-electron chi connectivity index (χ2n) is 4.22. The third-order valence-corrected chi connectivity index (χ3v) is 4.06. The average molecular weight is 260 g/mol. The quantitative estimate of drug-likeness (QED) is 0.871. The van der Waals surface area contributed by atoms with Crippen molar-refractivity contribution >= 4 is 17.7 Å².